The number of rotatable bonds is 9. The van der Waals surface area contributed by atoms with Gasteiger partial charge in [-0.25, -0.2) is 0 Å². The highest BCUT2D eigenvalue weighted by Gasteiger charge is 2.05. The number of esters is 1. The van der Waals surface area contributed by atoms with E-state index in [1.165, 1.54) is 36.4 Å². The van der Waals surface area contributed by atoms with E-state index in [0.717, 1.165) is 19.3 Å². The van der Waals surface area contributed by atoms with E-state index < -0.39 is 0 Å². The molecule has 0 amide bonds. The summed E-state index contributed by atoms with van der Waals surface area (Å²) in [5.41, 5.74) is 0. The Labute approximate surface area is 138 Å². The van der Waals surface area contributed by atoms with Crippen molar-refractivity contribution >= 4 is 5.97 Å². The van der Waals surface area contributed by atoms with E-state index in [-0.39, 0.29) is 27.2 Å². The van der Waals surface area contributed by atoms with E-state index in [1.807, 2.05) is 6.07 Å². The molecular formula is C18H24IO2+. The first-order valence-corrected chi connectivity index (χ1v) is 9.72. The van der Waals surface area contributed by atoms with E-state index in [4.69, 9.17) is 0 Å². The Bertz CT molecular complexity index is 445. The second-order valence-corrected chi connectivity index (χ2v) is 7.18. The normalized spacial score (nSPS) is 9.76. The summed E-state index contributed by atoms with van der Waals surface area (Å²) in [5, 5.41) is 0. The smallest absolute Gasteiger partial charge is 0.419 e. The van der Waals surface area contributed by atoms with Crippen LogP contribution < -0.4 is 21.2 Å². The first kappa shape index (κ1) is 18.0. The fraction of sp³-hybridized carbons (Fsp3) is 0.500. The molecule has 0 aromatic heterocycles. The van der Waals surface area contributed by atoms with Gasteiger partial charge in [-0.15, -0.1) is 0 Å². The van der Waals surface area contributed by atoms with E-state index >= 15 is 0 Å². The Morgan fingerprint density at radius 2 is 1.71 bits per heavy atom. The van der Waals surface area contributed by atoms with Crippen molar-refractivity contribution in [2.24, 2.45) is 0 Å². The maximum atomic E-state index is 10.9. The fourth-order valence-corrected chi connectivity index (χ4v) is 3.45. The molecule has 0 saturated carbocycles. The lowest BCUT2D eigenvalue weighted by Gasteiger charge is -2.00. The summed E-state index contributed by atoms with van der Waals surface area (Å²) in [6.45, 7) is 0. The van der Waals surface area contributed by atoms with Crippen LogP contribution in [0, 0.1) is 13.4 Å². The van der Waals surface area contributed by atoms with Crippen LogP contribution in [0.5, 0.6) is 0 Å². The maximum Gasteiger partial charge on any atom is 0.419 e. The quantitative estimate of drug-likeness (QED) is 0.270. The van der Waals surface area contributed by atoms with Gasteiger partial charge in [0, 0.05) is 12.8 Å². The summed E-state index contributed by atoms with van der Waals surface area (Å²) in [6.07, 6.45) is 8.56. The third kappa shape index (κ3) is 10.4. The van der Waals surface area contributed by atoms with Crippen molar-refractivity contribution in [1.29, 1.82) is 0 Å². The van der Waals surface area contributed by atoms with Crippen molar-refractivity contribution in [1.82, 2.24) is 0 Å². The zero-order valence-corrected chi connectivity index (χ0v) is 14.9. The second-order valence-electron chi connectivity index (χ2n) is 4.86. The minimum absolute atomic E-state index is 0.0907. The Morgan fingerprint density at radius 1 is 1.05 bits per heavy atom. The van der Waals surface area contributed by atoms with Gasteiger partial charge in [0.05, 0.1) is 7.11 Å². The van der Waals surface area contributed by atoms with Crippen molar-refractivity contribution in [3.05, 3.63) is 33.9 Å². The topological polar surface area (TPSA) is 26.3 Å². The summed E-state index contributed by atoms with van der Waals surface area (Å²) < 4.78 is 9.35. The van der Waals surface area contributed by atoms with E-state index in [2.05, 4.69) is 38.8 Å². The SMILES string of the molecule is COC(=O)CCCCCCCCC#C[I+]c1ccccc1. The molecule has 0 aliphatic heterocycles. The molecule has 2 nitrogen and oxygen atoms in total. The van der Waals surface area contributed by atoms with Crippen LogP contribution in [0.2, 0.25) is 0 Å². The molecule has 0 N–H and O–H groups in total. The van der Waals surface area contributed by atoms with E-state index in [0.29, 0.717) is 6.42 Å². The molecule has 0 saturated heterocycles. The Morgan fingerprint density at radius 3 is 2.43 bits per heavy atom. The van der Waals surface area contributed by atoms with Crippen molar-refractivity contribution in [3.8, 4) is 9.85 Å². The molecule has 114 valence electrons. The maximum absolute atomic E-state index is 10.9. The third-order valence-corrected chi connectivity index (χ3v) is 5.11. The van der Waals surface area contributed by atoms with Gasteiger partial charge < -0.3 is 4.74 Å². The molecule has 1 aromatic carbocycles. The number of hydrogen-bond acceptors (Lipinski definition) is 2. The van der Waals surface area contributed by atoms with E-state index in [1.54, 1.807) is 0 Å². The second kappa shape index (κ2) is 12.7. The highest BCUT2D eigenvalue weighted by atomic mass is 127. The number of hydrogen-bond donors (Lipinski definition) is 0. The predicted molar refractivity (Wildman–Crippen MR) is 81.9 cm³/mol. The lowest BCUT2D eigenvalue weighted by Crippen LogP contribution is -3.59. The summed E-state index contributed by atoms with van der Waals surface area (Å²) in [6, 6.07) is 10.5. The van der Waals surface area contributed by atoms with Crippen LogP contribution in [0.1, 0.15) is 51.4 Å². The molecule has 0 aliphatic carbocycles. The van der Waals surface area contributed by atoms with Crippen LogP contribution in [0.4, 0.5) is 0 Å². The molecule has 0 unspecified atom stereocenters. The first-order chi connectivity index (χ1) is 10.3. The van der Waals surface area contributed by atoms with Crippen molar-refractivity contribution in [3.63, 3.8) is 0 Å². The van der Waals surface area contributed by atoms with Gasteiger partial charge in [0.2, 0.25) is 3.57 Å². The van der Waals surface area contributed by atoms with Crippen LogP contribution in [-0.4, -0.2) is 13.1 Å². The Hall–Kier alpha value is -1.02. The summed E-state index contributed by atoms with van der Waals surface area (Å²) in [7, 11) is 1.45. The monoisotopic (exact) mass is 399 g/mol. The van der Waals surface area contributed by atoms with Gasteiger partial charge >= 0.3 is 27.2 Å². The molecule has 1 rings (SSSR count). The van der Waals surface area contributed by atoms with Crippen LogP contribution in [0.3, 0.4) is 0 Å². The highest BCUT2D eigenvalue weighted by Crippen LogP contribution is 2.08. The van der Waals surface area contributed by atoms with Crippen LogP contribution in [0.15, 0.2) is 30.3 Å². The molecule has 0 bridgehead atoms. The molecule has 1 aromatic rings. The molecule has 0 fully saturated rings. The van der Waals surface area contributed by atoms with Gasteiger partial charge in [0.1, 0.15) is 0 Å². The minimum atomic E-state index is -0.121. The van der Waals surface area contributed by atoms with Gasteiger partial charge in [-0.2, -0.15) is 0 Å². The largest absolute Gasteiger partial charge is 0.469 e. The minimum Gasteiger partial charge on any atom is -0.469 e. The molecular weight excluding hydrogens is 375 g/mol. The molecule has 0 heterocycles. The van der Waals surface area contributed by atoms with Gasteiger partial charge in [0.25, 0.3) is 0 Å². The average molecular weight is 399 g/mol. The molecule has 0 atom stereocenters. The lowest BCUT2D eigenvalue weighted by atomic mass is 10.1. The number of unbranched alkanes of at least 4 members (excludes halogenated alkanes) is 6. The zero-order chi connectivity index (χ0) is 15.2. The van der Waals surface area contributed by atoms with Gasteiger partial charge in [-0.3, -0.25) is 4.79 Å². The van der Waals surface area contributed by atoms with Crippen LogP contribution >= 0.6 is 0 Å². The van der Waals surface area contributed by atoms with Crippen molar-refractivity contribution < 1.29 is 30.7 Å². The number of carbonyl (C=O) groups is 1. The van der Waals surface area contributed by atoms with Gasteiger partial charge in [-0.05, 0) is 30.9 Å². The van der Waals surface area contributed by atoms with Crippen LogP contribution in [-0.2, 0) is 9.53 Å². The van der Waals surface area contributed by atoms with Crippen molar-refractivity contribution in [2.45, 2.75) is 51.4 Å². The Kier molecular flexibility index (Phi) is 10.9. The number of ether oxygens (including phenoxy) is 1. The third-order valence-electron chi connectivity index (χ3n) is 3.12. The van der Waals surface area contributed by atoms with Gasteiger partial charge in [0.15, 0.2) is 3.93 Å². The molecule has 0 radical (unpaired) electrons. The summed E-state index contributed by atoms with van der Waals surface area (Å²) in [4.78, 5) is 10.9. The number of methoxy groups -OCH3 is 1. The number of halogens is 1. The van der Waals surface area contributed by atoms with E-state index in [9.17, 15) is 4.79 Å². The zero-order valence-electron chi connectivity index (χ0n) is 12.7. The standard InChI is InChI=1S/C18H24IO2/c1-21-18(20)15-11-6-4-2-3-5-7-12-16-19-17-13-9-8-10-14-17/h8-10,13-14H,2-7,11,15H2,1H3/q+1. The fourth-order valence-electron chi connectivity index (χ4n) is 1.90. The lowest BCUT2D eigenvalue weighted by molar-refractivity contribution is -0.535. The predicted octanol–water partition coefficient (Wildman–Crippen LogP) is 1.20. The highest BCUT2D eigenvalue weighted by molar-refractivity contribution is 5.68. The van der Waals surface area contributed by atoms with Crippen LogP contribution in [0.25, 0.3) is 0 Å². The number of benzene rings is 1. The molecule has 3 heteroatoms. The Balaban J connectivity index is 1.90. The van der Waals surface area contributed by atoms with Gasteiger partial charge in [-0.1, -0.05) is 43.9 Å². The summed E-state index contributed by atoms with van der Waals surface area (Å²) >= 11 is -0.121. The molecule has 0 spiro atoms. The average Bonchev–Trinajstić information content (AvgIpc) is 2.53. The molecule has 0 aliphatic rings. The van der Waals surface area contributed by atoms with Crippen molar-refractivity contribution in [2.75, 3.05) is 7.11 Å². The summed E-state index contributed by atoms with van der Waals surface area (Å²) in [5.74, 6) is 3.21. The first-order valence-electron chi connectivity index (χ1n) is 7.56. The molecule has 21 heavy (non-hydrogen) atoms. The number of carbonyl (C=O) groups excluding carboxylic acids is 1.